The first kappa shape index (κ1) is 15.0. The minimum absolute atomic E-state index is 0.139. The van der Waals surface area contributed by atoms with Gasteiger partial charge in [-0.05, 0) is 27.7 Å². The van der Waals surface area contributed by atoms with Gasteiger partial charge in [0.2, 0.25) is 0 Å². The van der Waals surface area contributed by atoms with Gasteiger partial charge in [0.25, 0.3) is 0 Å². The third-order valence-electron chi connectivity index (χ3n) is 2.40. The Kier molecular flexibility index (Phi) is 5.16. The first-order valence-corrected chi connectivity index (χ1v) is 6.24. The second-order valence-corrected chi connectivity index (χ2v) is 4.98. The van der Waals surface area contributed by atoms with Crippen molar-refractivity contribution in [3.05, 3.63) is 0 Å². The molecule has 0 aromatic heterocycles. The van der Waals surface area contributed by atoms with Gasteiger partial charge in [-0.2, -0.15) is 0 Å². The third-order valence-corrected chi connectivity index (χ3v) is 2.40. The first-order chi connectivity index (χ1) is 8.31. The van der Waals surface area contributed by atoms with Crippen LogP contribution < -0.4 is 10.5 Å². The molecule has 18 heavy (non-hydrogen) atoms. The summed E-state index contributed by atoms with van der Waals surface area (Å²) in [5.74, 6) is -0.875. The van der Waals surface area contributed by atoms with Gasteiger partial charge in [-0.25, -0.2) is 0 Å². The van der Waals surface area contributed by atoms with Gasteiger partial charge in [-0.15, -0.1) is 0 Å². The minimum atomic E-state index is -0.700. The summed E-state index contributed by atoms with van der Waals surface area (Å²) in [7, 11) is 0. The summed E-state index contributed by atoms with van der Waals surface area (Å²) in [5.41, 5.74) is 0. The highest BCUT2D eigenvalue weighted by molar-refractivity contribution is 6.53. The molecule has 6 nitrogen and oxygen atoms in total. The first-order valence-electron chi connectivity index (χ1n) is 6.24. The van der Waals surface area contributed by atoms with Crippen LogP contribution in [0.25, 0.3) is 0 Å². The number of nitrogens with one attached hydrogen (secondary N) is 2. The monoisotopic (exact) mass is 256 g/mol. The van der Waals surface area contributed by atoms with Crippen molar-refractivity contribution < 1.29 is 19.1 Å². The predicted molar refractivity (Wildman–Crippen MR) is 67.9 cm³/mol. The Morgan fingerprint density at radius 2 is 1.28 bits per heavy atom. The number of carbonyl (C=O) groups is 2. The van der Waals surface area contributed by atoms with Crippen LogP contribution >= 0.6 is 0 Å². The lowest BCUT2D eigenvalue weighted by Gasteiger charge is -2.20. The van der Waals surface area contributed by atoms with Crippen LogP contribution in [0.4, 0.5) is 0 Å². The van der Waals surface area contributed by atoms with E-state index in [2.05, 4.69) is 10.5 Å². The van der Waals surface area contributed by atoms with E-state index in [0.29, 0.717) is 0 Å². The molecule has 1 fully saturated rings. The van der Waals surface area contributed by atoms with Gasteiger partial charge in [-0.3, -0.25) is 9.59 Å². The van der Waals surface area contributed by atoms with Crippen molar-refractivity contribution in [1.82, 2.24) is 10.5 Å². The Balaban J connectivity index is 2.69. The maximum Gasteiger partial charge on any atom is 0.324 e. The summed E-state index contributed by atoms with van der Waals surface area (Å²) in [6.07, 6.45) is -0.422. The van der Waals surface area contributed by atoms with Gasteiger partial charge < -0.3 is 19.9 Å². The van der Waals surface area contributed by atoms with Crippen molar-refractivity contribution in [2.24, 2.45) is 0 Å². The number of carbonyl (C=O) groups excluding carboxylic acids is 2. The second-order valence-electron chi connectivity index (χ2n) is 4.98. The number of rotatable bonds is 4. The van der Waals surface area contributed by atoms with Crippen LogP contribution in [0.2, 0.25) is 6.82 Å². The molecule has 2 N–H and O–H groups in total. The van der Waals surface area contributed by atoms with Crippen LogP contribution in [-0.4, -0.2) is 43.2 Å². The summed E-state index contributed by atoms with van der Waals surface area (Å²) in [6, 6.07) is -1.40. The lowest BCUT2D eigenvalue weighted by molar-refractivity contribution is -0.157. The fourth-order valence-electron chi connectivity index (χ4n) is 1.80. The van der Waals surface area contributed by atoms with E-state index in [4.69, 9.17) is 9.47 Å². The van der Waals surface area contributed by atoms with Crippen LogP contribution in [-0.2, 0) is 19.1 Å². The zero-order valence-corrected chi connectivity index (χ0v) is 11.5. The SMILES string of the molecule is CB1NC(C(=O)OC(C)C)C(C(=O)OC(C)C)N1. The average molecular weight is 256 g/mol. The van der Waals surface area contributed by atoms with Crippen molar-refractivity contribution in [2.75, 3.05) is 0 Å². The van der Waals surface area contributed by atoms with Crippen molar-refractivity contribution in [1.29, 1.82) is 0 Å². The van der Waals surface area contributed by atoms with E-state index in [-0.39, 0.29) is 19.2 Å². The zero-order chi connectivity index (χ0) is 13.9. The normalized spacial score (nSPS) is 23.6. The van der Waals surface area contributed by atoms with Crippen molar-refractivity contribution in [2.45, 2.75) is 58.8 Å². The molecule has 0 amide bonds. The molecule has 7 heteroatoms. The molecule has 0 bridgehead atoms. The number of hydrogen-bond donors (Lipinski definition) is 2. The maximum atomic E-state index is 11.9. The molecule has 2 unspecified atom stereocenters. The lowest BCUT2D eigenvalue weighted by atomic mass is 9.83. The predicted octanol–water partition coefficient (Wildman–Crippen LogP) is -0.0624. The molecule has 0 radical (unpaired) electrons. The van der Waals surface area contributed by atoms with Crippen LogP contribution in [0.3, 0.4) is 0 Å². The summed E-state index contributed by atoms with van der Waals surface area (Å²) < 4.78 is 10.2. The van der Waals surface area contributed by atoms with E-state index in [1.807, 2.05) is 6.82 Å². The standard InChI is InChI=1S/C11H21BN2O4/c1-6(2)17-10(15)8-9(14-12(5)13-8)11(16)18-7(3)4/h6-9,13-14H,1-5H3. The molecular weight excluding hydrogens is 235 g/mol. The molecular formula is C11H21BN2O4. The molecule has 0 spiro atoms. The molecule has 0 saturated carbocycles. The average Bonchev–Trinajstić information content (AvgIpc) is 2.58. The zero-order valence-electron chi connectivity index (χ0n) is 11.5. The fraction of sp³-hybridized carbons (Fsp3) is 0.818. The number of ether oxygens (including phenoxy) is 2. The van der Waals surface area contributed by atoms with E-state index in [1.54, 1.807) is 27.7 Å². The molecule has 0 aliphatic carbocycles. The topological polar surface area (TPSA) is 76.7 Å². The fourth-order valence-corrected chi connectivity index (χ4v) is 1.80. The molecule has 1 aliphatic heterocycles. The largest absolute Gasteiger partial charge is 0.462 e. The van der Waals surface area contributed by atoms with Gasteiger partial charge in [0.05, 0.1) is 12.2 Å². The smallest absolute Gasteiger partial charge is 0.324 e. The van der Waals surface area contributed by atoms with Crippen LogP contribution in [0.15, 0.2) is 0 Å². The summed E-state index contributed by atoms with van der Waals surface area (Å²) >= 11 is 0. The molecule has 1 saturated heterocycles. The van der Waals surface area contributed by atoms with Crippen LogP contribution in [0, 0.1) is 0 Å². The van der Waals surface area contributed by atoms with Gasteiger partial charge >= 0.3 is 18.9 Å². The van der Waals surface area contributed by atoms with E-state index >= 15 is 0 Å². The van der Waals surface area contributed by atoms with E-state index in [1.165, 1.54) is 0 Å². The highest BCUT2D eigenvalue weighted by atomic mass is 16.6. The van der Waals surface area contributed by atoms with Crippen molar-refractivity contribution in [3.63, 3.8) is 0 Å². The molecule has 1 aliphatic rings. The van der Waals surface area contributed by atoms with Gasteiger partial charge in [0.1, 0.15) is 12.1 Å². The second kappa shape index (κ2) is 6.20. The summed E-state index contributed by atoms with van der Waals surface area (Å²) in [5, 5.41) is 5.95. The van der Waals surface area contributed by atoms with Gasteiger partial charge in [-0.1, -0.05) is 6.82 Å². The number of hydrogen-bond acceptors (Lipinski definition) is 6. The third kappa shape index (κ3) is 3.99. The van der Waals surface area contributed by atoms with E-state index in [0.717, 1.165) is 0 Å². The van der Waals surface area contributed by atoms with Crippen molar-refractivity contribution >= 4 is 18.9 Å². The van der Waals surface area contributed by atoms with Crippen molar-refractivity contribution in [3.8, 4) is 0 Å². The Morgan fingerprint density at radius 3 is 1.56 bits per heavy atom. The minimum Gasteiger partial charge on any atom is -0.462 e. The molecule has 0 aromatic rings. The molecule has 102 valence electrons. The van der Waals surface area contributed by atoms with Crippen LogP contribution in [0.5, 0.6) is 0 Å². The Labute approximate surface area is 108 Å². The molecule has 1 rings (SSSR count). The lowest BCUT2D eigenvalue weighted by Crippen LogP contribution is -2.48. The highest BCUT2D eigenvalue weighted by Gasteiger charge is 2.44. The van der Waals surface area contributed by atoms with Gasteiger partial charge in [0.15, 0.2) is 0 Å². The Morgan fingerprint density at radius 1 is 0.944 bits per heavy atom. The van der Waals surface area contributed by atoms with Gasteiger partial charge in [0, 0.05) is 0 Å². The maximum absolute atomic E-state index is 11.9. The molecule has 0 aromatic carbocycles. The summed E-state index contributed by atoms with van der Waals surface area (Å²) in [4.78, 5) is 23.7. The Hall–Kier alpha value is -1.08. The summed E-state index contributed by atoms with van der Waals surface area (Å²) in [6.45, 7) is 8.77. The molecule has 1 heterocycles. The Bertz CT molecular complexity index is 292. The van der Waals surface area contributed by atoms with Crippen LogP contribution in [0.1, 0.15) is 27.7 Å². The quantitative estimate of drug-likeness (QED) is 0.542. The van der Waals surface area contributed by atoms with E-state index < -0.39 is 24.0 Å². The number of esters is 2. The molecule has 2 atom stereocenters. The van der Waals surface area contributed by atoms with E-state index in [9.17, 15) is 9.59 Å². The highest BCUT2D eigenvalue weighted by Crippen LogP contribution is 2.09.